The van der Waals surface area contributed by atoms with Gasteiger partial charge < -0.3 is 10.2 Å². The molecule has 8 nitrogen and oxygen atoms in total. The Labute approximate surface area is 177 Å². The van der Waals surface area contributed by atoms with E-state index < -0.39 is 0 Å². The number of rotatable bonds is 8. The van der Waals surface area contributed by atoms with E-state index in [1.165, 1.54) is 25.5 Å². The van der Waals surface area contributed by atoms with Crippen LogP contribution in [0.25, 0.3) is 5.69 Å². The van der Waals surface area contributed by atoms with Crippen LogP contribution < -0.4 is 10.2 Å². The van der Waals surface area contributed by atoms with Gasteiger partial charge in [0, 0.05) is 24.8 Å². The Balaban J connectivity index is 0.00000124. The van der Waals surface area contributed by atoms with Gasteiger partial charge in [-0.1, -0.05) is 26.8 Å². The van der Waals surface area contributed by atoms with Crippen molar-refractivity contribution in [3.05, 3.63) is 55.0 Å². The van der Waals surface area contributed by atoms with Gasteiger partial charge in [0.15, 0.2) is 0 Å². The van der Waals surface area contributed by atoms with Gasteiger partial charge in [-0.05, 0) is 43.4 Å². The summed E-state index contributed by atoms with van der Waals surface area (Å²) in [6, 6.07) is 9.20. The molecule has 1 aliphatic rings. The molecule has 0 saturated heterocycles. The van der Waals surface area contributed by atoms with Crippen LogP contribution in [0.15, 0.2) is 49.3 Å². The summed E-state index contributed by atoms with van der Waals surface area (Å²) in [5.74, 6) is 1.30. The first kappa shape index (κ1) is 21.4. The lowest BCUT2D eigenvalue weighted by Gasteiger charge is -2.23. The number of anilines is 2. The monoisotopic (exact) mass is 407 g/mol. The lowest BCUT2D eigenvalue weighted by Crippen LogP contribution is -2.28. The second-order valence-electron chi connectivity index (χ2n) is 7.00. The van der Waals surface area contributed by atoms with Crippen LogP contribution in [0, 0.1) is 5.92 Å². The molecule has 0 unspecified atom stereocenters. The number of hydrogen-bond donors (Lipinski definition) is 1. The molecule has 30 heavy (non-hydrogen) atoms. The molecule has 4 rings (SSSR count). The largest absolute Gasteiger partial charge is 0.356 e. The molecular weight excluding hydrogens is 378 g/mol. The highest BCUT2D eigenvalue weighted by atomic mass is 16.1. The summed E-state index contributed by atoms with van der Waals surface area (Å²) in [5.41, 5.74) is 1.84. The van der Waals surface area contributed by atoms with Crippen LogP contribution in [-0.4, -0.2) is 43.7 Å². The number of carbonyl (C=O) groups is 1. The molecule has 1 saturated carbocycles. The molecule has 0 aliphatic heterocycles. The molecule has 8 heteroatoms. The summed E-state index contributed by atoms with van der Waals surface area (Å²) in [4.78, 5) is 27.5. The van der Waals surface area contributed by atoms with E-state index in [1.54, 1.807) is 17.1 Å². The van der Waals surface area contributed by atoms with Crippen molar-refractivity contribution in [2.45, 2.75) is 40.0 Å². The summed E-state index contributed by atoms with van der Waals surface area (Å²) < 4.78 is 1.64. The number of hydrogen-bond acceptors (Lipinski definition) is 6. The van der Waals surface area contributed by atoms with E-state index in [0.29, 0.717) is 11.4 Å². The van der Waals surface area contributed by atoms with Gasteiger partial charge >= 0.3 is 0 Å². The third-order valence-corrected chi connectivity index (χ3v) is 4.67. The fourth-order valence-electron chi connectivity index (χ4n) is 3.09. The second-order valence-corrected chi connectivity index (χ2v) is 7.00. The number of nitrogens with zero attached hydrogens (tertiary/aromatic N) is 6. The minimum atomic E-state index is -0.262. The first-order chi connectivity index (χ1) is 14.7. The summed E-state index contributed by atoms with van der Waals surface area (Å²) in [6.45, 7) is 8.07. The van der Waals surface area contributed by atoms with E-state index in [9.17, 15) is 4.79 Å². The summed E-state index contributed by atoms with van der Waals surface area (Å²) in [6.07, 6.45) is 8.14. The Morgan fingerprint density at radius 3 is 2.73 bits per heavy atom. The molecule has 158 valence electrons. The molecule has 1 fully saturated rings. The fraction of sp³-hybridized carbons (Fsp3) is 0.409. The highest BCUT2D eigenvalue weighted by molar-refractivity contribution is 6.03. The van der Waals surface area contributed by atoms with Gasteiger partial charge in [0.05, 0.1) is 5.69 Å². The normalized spacial score (nSPS) is 12.6. The molecule has 1 N–H and O–H groups in total. The highest BCUT2D eigenvalue weighted by Crippen LogP contribution is 2.31. The molecule has 0 bridgehead atoms. The molecule has 2 heterocycles. The van der Waals surface area contributed by atoms with Gasteiger partial charge in [0.2, 0.25) is 0 Å². The minimum absolute atomic E-state index is 0.262. The molecule has 0 spiro atoms. The Hall–Kier alpha value is -3.29. The van der Waals surface area contributed by atoms with Crippen molar-refractivity contribution < 1.29 is 4.79 Å². The van der Waals surface area contributed by atoms with Crippen LogP contribution in [-0.2, 0) is 0 Å². The van der Waals surface area contributed by atoms with E-state index in [4.69, 9.17) is 0 Å². The summed E-state index contributed by atoms with van der Waals surface area (Å²) in [5, 5.41) is 7.01. The number of amides is 1. The third kappa shape index (κ3) is 5.62. The van der Waals surface area contributed by atoms with Crippen molar-refractivity contribution in [2.24, 2.45) is 5.92 Å². The molecule has 2 aromatic heterocycles. The van der Waals surface area contributed by atoms with E-state index in [-0.39, 0.29) is 5.91 Å². The van der Waals surface area contributed by atoms with Gasteiger partial charge in [0.25, 0.3) is 5.91 Å². The topological polar surface area (TPSA) is 88.8 Å². The molecule has 0 radical (unpaired) electrons. The fourth-order valence-corrected chi connectivity index (χ4v) is 3.09. The van der Waals surface area contributed by atoms with Crippen LogP contribution in [0.1, 0.15) is 50.5 Å². The van der Waals surface area contributed by atoms with Gasteiger partial charge in [-0.2, -0.15) is 5.10 Å². The number of aromatic nitrogens is 5. The third-order valence-electron chi connectivity index (χ3n) is 4.67. The van der Waals surface area contributed by atoms with Crippen LogP contribution in [0.5, 0.6) is 0 Å². The predicted octanol–water partition coefficient (Wildman–Crippen LogP) is 3.96. The summed E-state index contributed by atoms with van der Waals surface area (Å²) in [7, 11) is 0. The van der Waals surface area contributed by atoms with E-state index >= 15 is 0 Å². The molecular formula is C22H29N7O. The SMILES string of the molecule is CC.CCCN(CC1CC1)c1cc(C(=O)Nc2cccc(-n3cncn3)c2)ncn1. The first-order valence-electron chi connectivity index (χ1n) is 10.6. The van der Waals surface area contributed by atoms with Crippen LogP contribution >= 0.6 is 0 Å². The van der Waals surface area contributed by atoms with Crippen molar-refractivity contribution in [2.75, 3.05) is 23.3 Å². The molecule has 3 aromatic rings. The van der Waals surface area contributed by atoms with Crippen molar-refractivity contribution in [1.82, 2.24) is 24.7 Å². The average Bonchev–Trinajstić information content (AvgIpc) is 3.43. The smallest absolute Gasteiger partial charge is 0.274 e. The number of carbonyl (C=O) groups excluding carboxylic acids is 1. The Kier molecular flexibility index (Phi) is 7.48. The van der Waals surface area contributed by atoms with Crippen molar-refractivity contribution >= 4 is 17.4 Å². The van der Waals surface area contributed by atoms with Crippen LogP contribution in [0.4, 0.5) is 11.5 Å². The average molecular weight is 408 g/mol. The first-order valence-corrected chi connectivity index (χ1v) is 10.6. The number of benzene rings is 1. The molecule has 0 atom stereocenters. The second kappa shape index (κ2) is 10.5. The lowest BCUT2D eigenvalue weighted by atomic mass is 10.2. The van der Waals surface area contributed by atoms with Gasteiger partial charge in [-0.3, -0.25) is 4.79 Å². The zero-order valence-corrected chi connectivity index (χ0v) is 17.8. The summed E-state index contributed by atoms with van der Waals surface area (Å²) >= 11 is 0. The van der Waals surface area contributed by atoms with E-state index in [0.717, 1.165) is 36.9 Å². The molecule has 1 aromatic carbocycles. The Bertz CT molecular complexity index is 938. The molecule has 1 aliphatic carbocycles. The highest BCUT2D eigenvalue weighted by Gasteiger charge is 2.25. The zero-order valence-electron chi connectivity index (χ0n) is 17.8. The maximum atomic E-state index is 12.7. The number of nitrogens with one attached hydrogen (secondary N) is 1. The standard InChI is InChI=1S/C20H23N7O.C2H6/c1-2-8-26(11-15-6-7-15)19-10-18(22-13-23-19)20(28)25-16-4-3-5-17(9-16)27-14-21-12-24-27;1-2/h3-5,9-10,12-15H,2,6-8,11H2,1H3,(H,25,28);1-2H3. The quantitative estimate of drug-likeness (QED) is 0.608. The van der Waals surface area contributed by atoms with Crippen molar-refractivity contribution in [1.29, 1.82) is 0 Å². The molecule has 1 amide bonds. The Morgan fingerprint density at radius 2 is 2.03 bits per heavy atom. The van der Waals surface area contributed by atoms with E-state index in [2.05, 4.69) is 37.2 Å². The predicted molar refractivity (Wildman–Crippen MR) is 118 cm³/mol. The van der Waals surface area contributed by atoms with Gasteiger partial charge in [-0.15, -0.1) is 0 Å². The van der Waals surface area contributed by atoms with E-state index in [1.807, 2.05) is 38.1 Å². The van der Waals surface area contributed by atoms with Crippen LogP contribution in [0.2, 0.25) is 0 Å². The Morgan fingerprint density at radius 1 is 1.20 bits per heavy atom. The minimum Gasteiger partial charge on any atom is -0.356 e. The maximum Gasteiger partial charge on any atom is 0.274 e. The van der Waals surface area contributed by atoms with Crippen molar-refractivity contribution in [3.8, 4) is 5.69 Å². The zero-order chi connectivity index (χ0) is 21.3. The van der Waals surface area contributed by atoms with Gasteiger partial charge in [0.1, 0.15) is 30.5 Å². The maximum absolute atomic E-state index is 12.7. The van der Waals surface area contributed by atoms with Crippen molar-refractivity contribution in [3.63, 3.8) is 0 Å². The van der Waals surface area contributed by atoms with Crippen LogP contribution in [0.3, 0.4) is 0 Å². The van der Waals surface area contributed by atoms with Gasteiger partial charge in [-0.25, -0.2) is 19.6 Å². The lowest BCUT2D eigenvalue weighted by molar-refractivity contribution is 0.102.